The summed E-state index contributed by atoms with van der Waals surface area (Å²) < 4.78 is 9.89. The second-order valence-corrected chi connectivity index (χ2v) is 10.9. The van der Waals surface area contributed by atoms with E-state index >= 15 is 0 Å². The lowest BCUT2D eigenvalue weighted by atomic mass is 9.82. The first-order valence-corrected chi connectivity index (χ1v) is 16.2. The summed E-state index contributed by atoms with van der Waals surface area (Å²) in [6.45, 7) is 3.61. The number of hydrogen-bond donors (Lipinski definition) is 2. The smallest absolute Gasteiger partial charge is 0.306 e. The van der Waals surface area contributed by atoms with Gasteiger partial charge in [-0.05, 0) is 94.3 Å². The zero-order valence-electron chi connectivity index (χ0n) is 28.6. The number of amides is 1. The van der Waals surface area contributed by atoms with Gasteiger partial charge in [-0.25, -0.2) is 0 Å². The molecule has 46 heavy (non-hydrogen) atoms. The molecule has 0 radical (unpaired) electrons. The highest BCUT2D eigenvalue weighted by molar-refractivity contribution is 5.80. The van der Waals surface area contributed by atoms with Crippen LogP contribution in [0.1, 0.15) is 83.6 Å². The van der Waals surface area contributed by atoms with Crippen LogP contribution in [0.15, 0.2) is 84.1 Å². The molecule has 252 valence electrons. The molecule has 0 spiro atoms. The highest BCUT2D eigenvalue weighted by Crippen LogP contribution is 2.28. The van der Waals surface area contributed by atoms with E-state index in [0.29, 0.717) is 11.3 Å². The minimum Gasteiger partial charge on any atom is -0.469 e. The lowest BCUT2D eigenvalue weighted by Crippen LogP contribution is -2.34. The predicted octanol–water partition coefficient (Wildman–Crippen LogP) is 7.62. The molecule has 2 N–H and O–H groups in total. The Morgan fingerprint density at radius 3 is 2.07 bits per heavy atom. The second-order valence-electron chi connectivity index (χ2n) is 10.9. The third-order valence-electron chi connectivity index (χ3n) is 7.55. The fraction of sp³-hybridized carbons (Fsp3) is 0.462. The molecule has 0 bridgehead atoms. The number of unbranched alkanes of at least 4 members (excludes halogenated alkanes) is 1. The number of methoxy groups -OCH3 is 1. The van der Waals surface area contributed by atoms with Crippen molar-refractivity contribution in [3.05, 3.63) is 89.7 Å². The van der Waals surface area contributed by atoms with E-state index in [1.807, 2.05) is 43.3 Å². The Bertz CT molecular complexity index is 1140. The summed E-state index contributed by atoms with van der Waals surface area (Å²) in [6.07, 6.45) is 25.2. The monoisotopic (exact) mass is 632 g/mol. The number of benzene rings is 2. The molecule has 2 aromatic rings. The normalized spacial score (nSPS) is 13.5. The van der Waals surface area contributed by atoms with Crippen LogP contribution in [0, 0.1) is 18.8 Å². The van der Waals surface area contributed by atoms with Gasteiger partial charge in [0.2, 0.25) is 5.91 Å². The SMILES string of the molecule is C#C.C/C=C(\C=C(/C)C=O)Oc1ccccc1.CNC(=O)CCC(=O)OC.CNC(CCCCc1ccccc1)C1CCCCC1. The van der Waals surface area contributed by atoms with Crippen molar-refractivity contribution >= 4 is 18.2 Å². The van der Waals surface area contributed by atoms with Gasteiger partial charge in [0, 0.05) is 19.5 Å². The number of para-hydroxylation sites is 1. The van der Waals surface area contributed by atoms with E-state index in [9.17, 15) is 14.4 Å². The Kier molecular flexibility index (Phi) is 25.8. The third kappa shape index (κ3) is 20.7. The third-order valence-corrected chi connectivity index (χ3v) is 7.55. The van der Waals surface area contributed by atoms with Gasteiger partial charge in [0.25, 0.3) is 0 Å². The van der Waals surface area contributed by atoms with Crippen molar-refractivity contribution in [2.75, 3.05) is 21.2 Å². The molecule has 7 heteroatoms. The maximum absolute atomic E-state index is 10.5. The summed E-state index contributed by atoms with van der Waals surface area (Å²) in [5, 5.41) is 5.97. The van der Waals surface area contributed by atoms with Crippen molar-refractivity contribution in [2.45, 2.75) is 90.5 Å². The molecular weight excluding hydrogens is 576 g/mol. The molecule has 1 aliphatic carbocycles. The summed E-state index contributed by atoms with van der Waals surface area (Å²) in [5.74, 6) is 1.87. The van der Waals surface area contributed by atoms with Crippen molar-refractivity contribution < 1.29 is 23.9 Å². The summed E-state index contributed by atoms with van der Waals surface area (Å²) in [7, 11) is 4.97. The fourth-order valence-corrected chi connectivity index (χ4v) is 4.99. The van der Waals surface area contributed by atoms with Crippen LogP contribution in [0.2, 0.25) is 0 Å². The Hall–Kier alpha value is -4.15. The number of esters is 1. The Balaban J connectivity index is 0.000000674. The van der Waals surface area contributed by atoms with Crippen LogP contribution < -0.4 is 15.4 Å². The minimum absolute atomic E-state index is 0.148. The number of terminal acetylenes is 1. The minimum atomic E-state index is -0.358. The number of allylic oxidation sites excluding steroid dienone is 3. The topological polar surface area (TPSA) is 93.7 Å². The van der Waals surface area contributed by atoms with Crippen molar-refractivity contribution in [3.8, 4) is 18.6 Å². The van der Waals surface area contributed by atoms with E-state index in [0.717, 1.165) is 24.0 Å². The van der Waals surface area contributed by atoms with Gasteiger partial charge in [-0.3, -0.25) is 14.4 Å². The van der Waals surface area contributed by atoms with E-state index in [4.69, 9.17) is 4.74 Å². The van der Waals surface area contributed by atoms with Crippen molar-refractivity contribution in [1.29, 1.82) is 0 Å². The number of hydrogen-bond acceptors (Lipinski definition) is 6. The summed E-state index contributed by atoms with van der Waals surface area (Å²) in [4.78, 5) is 31.4. The fourth-order valence-electron chi connectivity index (χ4n) is 4.99. The van der Waals surface area contributed by atoms with Crippen LogP contribution in [0.25, 0.3) is 0 Å². The van der Waals surface area contributed by atoms with Gasteiger partial charge >= 0.3 is 5.97 Å². The molecule has 1 amide bonds. The van der Waals surface area contributed by atoms with Gasteiger partial charge in [0.1, 0.15) is 17.8 Å². The van der Waals surface area contributed by atoms with E-state index in [-0.39, 0.29) is 24.7 Å². The quantitative estimate of drug-likeness (QED) is 0.0423. The van der Waals surface area contributed by atoms with Gasteiger partial charge in [0.15, 0.2) is 0 Å². The molecule has 1 saturated carbocycles. The number of ether oxygens (including phenoxy) is 2. The first kappa shape index (κ1) is 41.9. The van der Waals surface area contributed by atoms with Crippen LogP contribution in [0.4, 0.5) is 0 Å². The second kappa shape index (κ2) is 28.3. The van der Waals surface area contributed by atoms with Gasteiger partial charge in [-0.1, -0.05) is 74.2 Å². The number of aldehydes is 1. The summed E-state index contributed by atoms with van der Waals surface area (Å²) in [5.41, 5.74) is 2.13. The van der Waals surface area contributed by atoms with Crippen molar-refractivity contribution in [3.63, 3.8) is 0 Å². The van der Waals surface area contributed by atoms with Gasteiger partial charge in [-0.2, -0.15) is 0 Å². The summed E-state index contributed by atoms with van der Waals surface area (Å²) >= 11 is 0. The van der Waals surface area contributed by atoms with Gasteiger partial charge in [0.05, 0.1) is 13.5 Å². The van der Waals surface area contributed by atoms with Crippen LogP contribution in [-0.4, -0.2) is 45.4 Å². The zero-order valence-corrected chi connectivity index (χ0v) is 28.6. The molecule has 2 aromatic carbocycles. The zero-order chi connectivity index (χ0) is 34.4. The maximum atomic E-state index is 10.5. The highest BCUT2D eigenvalue weighted by Gasteiger charge is 2.21. The lowest BCUT2D eigenvalue weighted by molar-refractivity contribution is -0.142. The molecule has 0 aliphatic heterocycles. The number of carbonyl (C=O) groups excluding carboxylic acids is 3. The Morgan fingerprint density at radius 2 is 1.54 bits per heavy atom. The molecule has 0 saturated heterocycles. The van der Waals surface area contributed by atoms with E-state index in [1.54, 1.807) is 13.0 Å². The van der Waals surface area contributed by atoms with E-state index < -0.39 is 0 Å². The van der Waals surface area contributed by atoms with E-state index in [2.05, 4.69) is 65.6 Å². The highest BCUT2D eigenvalue weighted by atomic mass is 16.5. The maximum Gasteiger partial charge on any atom is 0.306 e. The van der Waals surface area contributed by atoms with Crippen LogP contribution in [0.3, 0.4) is 0 Å². The molecule has 1 fully saturated rings. The number of nitrogens with one attached hydrogen (secondary N) is 2. The Morgan fingerprint density at radius 1 is 0.935 bits per heavy atom. The predicted molar refractivity (Wildman–Crippen MR) is 189 cm³/mol. The first-order valence-electron chi connectivity index (χ1n) is 16.2. The average molecular weight is 633 g/mol. The molecule has 0 heterocycles. The Labute approximate surface area is 278 Å². The molecule has 1 aliphatic rings. The molecule has 3 rings (SSSR count). The average Bonchev–Trinajstić information content (AvgIpc) is 3.12. The summed E-state index contributed by atoms with van der Waals surface area (Å²) in [6, 6.07) is 21.1. The largest absolute Gasteiger partial charge is 0.469 e. The first-order chi connectivity index (χ1) is 22.4. The van der Waals surface area contributed by atoms with Crippen LogP contribution in [-0.2, 0) is 25.5 Å². The lowest BCUT2D eigenvalue weighted by Gasteiger charge is -2.30. The standard InChI is InChI=1S/C18H29N.C13H14O2.C6H11NO3.C2H2/c1-19-18(17-13-6-3-7-14-17)15-9-8-12-16-10-4-2-5-11-16;1-3-12(9-11(2)10-14)15-13-7-5-4-6-8-13;1-7-5(8)3-4-6(9)10-2;1-2/h2,4-5,10-11,17-19H,3,6-9,12-15H2,1H3;3-10H,1-2H3;3-4H2,1-2H3,(H,7,8);1-2H/b;11-9+,12-3+;;. The van der Waals surface area contributed by atoms with Gasteiger partial charge in [-0.15, -0.1) is 12.8 Å². The van der Waals surface area contributed by atoms with Crippen molar-refractivity contribution in [1.82, 2.24) is 10.6 Å². The number of rotatable bonds is 14. The molecular formula is C39H56N2O5. The molecule has 1 atom stereocenters. The van der Waals surface area contributed by atoms with Crippen molar-refractivity contribution in [2.24, 2.45) is 5.92 Å². The molecule has 1 unspecified atom stereocenters. The molecule has 0 aromatic heterocycles. The number of aryl methyl sites for hydroxylation is 1. The number of carbonyl (C=O) groups is 3. The van der Waals surface area contributed by atoms with E-state index in [1.165, 1.54) is 77.5 Å². The van der Waals surface area contributed by atoms with Gasteiger partial charge < -0.3 is 20.1 Å². The molecule has 7 nitrogen and oxygen atoms in total. The van der Waals surface area contributed by atoms with Crippen LogP contribution >= 0.6 is 0 Å². The van der Waals surface area contributed by atoms with Crippen LogP contribution in [0.5, 0.6) is 5.75 Å².